The van der Waals surface area contributed by atoms with Crippen LogP contribution in [0.2, 0.25) is 24.2 Å². The highest BCUT2D eigenvalue weighted by Gasteiger charge is 2.44. The van der Waals surface area contributed by atoms with Crippen LogP contribution in [0.3, 0.4) is 0 Å². The molecule has 0 bridgehead atoms. The third-order valence-electron chi connectivity index (χ3n) is 9.78. The van der Waals surface area contributed by atoms with Crippen LogP contribution in [0.1, 0.15) is 84.2 Å². The molecule has 5 rings (SSSR count). The Morgan fingerprint density at radius 2 is 1.67 bits per heavy atom. The monoisotopic (exact) mass is 615 g/mol. The lowest BCUT2D eigenvalue weighted by Gasteiger charge is -2.37. The molecule has 1 aliphatic rings. The van der Waals surface area contributed by atoms with Crippen LogP contribution >= 0.6 is 0 Å². The molecule has 4 aromatic rings. The van der Waals surface area contributed by atoms with Crippen molar-refractivity contribution in [3.63, 3.8) is 0 Å². The minimum absolute atomic E-state index is 0.343. The number of hydrogen-bond donors (Lipinski definition) is 1. The average Bonchev–Trinajstić information content (AvgIpc) is 3.59. The SMILES string of the molecule is Cc1cc(-c2cccc(C3(N[S+]([O-])C(C)(C)C)CCCC3)n2)cc2c1cnn2-c1cccc(CC[Si](C)(C)C(C)(C)C)n1. The van der Waals surface area contributed by atoms with Crippen LogP contribution < -0.4 is 4.72 Å². The third kappa shape index (κ3) is 6.63. The summed E-state index contributed by atoms with van der Waals surface area (Å²) in [5.74, 6) is 0.847. The maximum absolute atomic E-state index is 13.2. The maximum Gasteiger partial charge on any atom is 0.154 e. The fraction of sp³-hybridized carbons (Fsp3) is 0.514. The lowest BCUT2D eigenvalue weighted by molar-refractivity contribution is 0.386. The van der Waals surface area contributed by atoms with Crippen LogP contribution in [-0.2, 0) is 23.3 Å². The van der Waals surface area contributed by atoms with Gasteiger partial charge in [-0.25, -0.2) is 9.67 Å². The third-order valence-corrected chi connectivity index (χ3v) is 17.0. The summed E-state index contributed by atoms with van der Waals surface area (Å²) in [5.41, 5.74) is 5.87. The van der Waals surface area contributed by atoms with Gasteiger partial charge in [-0.05, 0) is 94.0 Å². The van der Waals surface area contributed by atoms with Crippen LogP contribution in [0.5, 0.6) is 0 Å². The fourth-order valence-corrected chi connectivity index (χ4v) is 8.35. The number of aromatic nitrogens is 4. The van der Waals surface area contributed by atoms with Crippen LogP contribution in [0.15, 0.2) is 54.7 Å². The highest BCUT2D eigenvalue weighted by atomic mass is 32.2. The topological polar surface area (TPSA) is 78.7 Å². The summed E-state index contributed by atoms with van der Waals surface area (Å²) in [6.07, 6.45) is 7.02. The van der Waals surface area contributed by atoms with Crippen molar-refractivity contribution in [2.45, 2.75) is 115 Å². The number of benzene rings is 1. The van der Waals surface area contributed by atoms with E-state index in [0.717, 1.165) is 77.0 Å². The van der Waals surface area contributed by atoms with Crippen molar-refractivity contribution in [3.05, 3.63) is 71.7 Å². The number of nitrogens with one attached hydrogen (secondary N) is 1. The first-order chi connectivity index (χ1) is 20.1. The van der Waals surface area contributed by atoms with Gasteiger partial charge >= 0.3 is 0 Å². The molecule has 1 aromatic carbocycles. The minimum atomic E-state index is -1.40. The Morgan fingerprint density at radius 1 is 0.977 bits per heavy atom. The molecular formula is C35H49N5OSSi. The summed E-state index contributed by atoms with van der Waals surface area (Å²) in [6, 6.07) is 18.2. The second kappa shape index (κ2) is 11.8. The van der Waals surface area contributed by atoms with E-state index in [-0.39, 0.29) is 10.3 Å². The number of fused-ring (bicyclic) bond motifs is 1. The van der Waals surface area contributed by atoms with Gasteiger partial charge in [-0.3, -0.25) is 4.98 Å². The van der Waals surface area contributed by atoms with E-state index < -0.39 is 19.4 Å². The molecule has 0 radical (unpaired) electrons. The van der Waals surface area contributed by atoms with Crippen molar-refractivity contribution in [3.8, 4) is 17.1 Å². The number of nitrogens with zero attached hydrogens (tertiary/aromatic N) is 4. The highest BCUT2D eigenvalue weighted by molar-refractivity contribution is 7.90. The molecule has 230 valence electrons. The smallest absolute Gasteiger partial charge is 0.154 e. The van der Waals surface area contributed by atoms with Gasteiger partial charge in [0.05, 0.1) is 31.2 Å². The first-order valence-corrected chi connectivity index (χ1v) is 20.1. The molecule has 8 heteroatoms. The maximum atomic E-state index is 13.2. The quantitative estimate of drug-likeness (QED) is 0.159. The van der Waals surface area contributed by atoms with E-state index in [0.29, 0.717) is 5.04 Å². The standard InChI is InChI=1S/C35H49N5OSSi/c1-25-22-26(29-15-13-16-31(38-29)35(19-10-11-20-35)39-42(41)33(2,3)4)23-30-28(25)24-36-40(30)32-17-12-14-27(37-32)18-21-43(8,9)34(5,6)7/h12-17,22-24,39H,10-11,18-21H2,1-9H3. The Bertz CT molecular complexity index is 1590. The lowest BCUT2D eigenvalue weighted by Crippen LogP contribution is -2.50. The molecule has 0 saturated heterocycles. The number of pyridine rings is 2. The van der Waals surface area contributed by atoms with E-state index in [1.165, 1.54) is 6.04 Å². The summed E-state index contributed by atoms with van der Waals surface area (Å²) >= 11 is -1.18. The van der Waals surface area contributed by atoms with Gasteiger partial charge in [0, 0.05) is 28.0 Å². The van der Waals surface area contributed by atoms with Crippen LogP contribution in [0.4, 0.5) is 0 Å². The Hall–Kier alpha value is -2.52. The van der Waals surface area contributed by atoms with Crippen molar-refractivity contribution in [2.24, 2.45) is 0 Å². The van der Waals surface area contributed by atoms with E-state index >= 15 is 0 Å². The summed E-state index contributed by atoms with van der Waals surface area (Å²) < 4.78 is 18.3. The van der Waals surface area contributed by atoms with Gasteiger partial charge in [0.1, 0.15) is 10.3 Å². The molecule has 1 atom stereocenters. The Balaban J connectivity index is 1.49. The van der Waals surface area contributed by atoms with E-state index in [9.17, 15) is 4.55 Å². The van der Waals surface area contributed by atoms with E-state index in [4.69, 9.17) is 15.1 Å². The van der Waals surface area contributed by atoms with Gasteiger partial charge in [0.15, 0.2) is 5.82 Å². The molecule has 1 fully saturated rings. The van der Waals surface area contributed by atoms with Gasteiger partial charge < -0.3 is 4.55 Å². The zero-order valence-electron chi connectivity index (χ0n) is 27.5. The van der Waals surface area contributed by atoms with Crippen molar-refractivity contribution >= 4 is 30.3 Å². The predicted molar refractivity (Wildman–Crippen MR) is 184 cm³/mol. The Labute approximate surface area is 262 Å². The number of hydrogen-bond acceptors (Lipinski definition) is 5. The molecule has 3 aromatic heterocycles. The van der Waals surface area contributed by atoms with Crippen LogP contribution in [0, 0.1) is 6.92 Å². The number of aryl methyl sites for hydroxylation is 2. The van der Waals surface area contributed by atoms with Crippen molar-refractivity contribution in [2.75, 3.05) is 0 Å². The summed E-state index contributed by atoms with van der Waals surface area (Å²) in [4.78, 5) is 10.3. The molecule has 1 N–H and O–H groups in total. The Morgan fingerprint density at radius 3 is 2.35 bits per heavy atom. The zero-order chi connectivity index (χ0) is 31.2. The van der Waals surface area contributed by atoms with Gasteiger partial charge in [-0.2, -0.15) is 5.10 Å². The molecule has 0 spiro atoms. The second-order valence-corrected chi connectivity index (χ2v) is 22.8. The fourth-order valence-electron chi connectivity index (χ4n) is 5.75. The molecule has 3 heterocycles. The first kappa shape index (κ1) is 31.9. The highest BCUT2D eigenvalue weighted by Crippen LogP contribution is 2.41. The molecule has 1 unspecified atom stereocenters. The van der Waals surface area contributed by atoms with Crippen LogP contribution in [-0.4, -0.2) is 37.1 Å². The number of rotatable bonds is 8. The molecule has 6 nitrogen and oxygen atoms in total. The normalized spacial score (nSPS) is 16.6. The van der Waals surface area contributed by atoms with Crippen molar-refractivity contribution in [1.29, 1.82) is 0 Å². The van der Waals surface area contributed by atoms with E-state index in [2.05, 4.69) is 88.0 Å². The predicted octanol–water partition coefficient (Wildman–Crippen LogP) is 8.66. The molecule has 1 saturated carbocycles. The van der Waals surface area contributed by atoms with Crippen molar-refractivity contribution < 1.29 is 4.55 Å². The van der Waals surface area contributed by atoms with Gasteiger partial charge in [0.25, 0.3) is 0 Å². The van der Waals surface area contributed by atoms with E-state index in [1.807, 2.05) is 37.7 Å². The van der Waals surface area contributed by atoms with Gasteiger partial charge in [-0.1, -0.05) is 64.9 Å². The largest absolute Gasteiger partial charge is 0.598 e. The summed E-state index contributed by atoms with van der Waals surface area (Å²) in [6.45, 7) is 20.3. The molecular weight excluding hydrogens is 567 g/mol. The summed E-state index contributed by atoms with van der Waals surface area (Å²) in [5, 5.41) is 6.27. The van der Waals surface area contributed by atoms with Crippen molar-refractivity contribution in [1.82, 2.24) is 24.5 Å². The average molecular weight is 616 g/mol. The van der Waals surface area contributed by atoms with E-state index in [1.54, 1.807) is 0 Å². The Kier molecular flexibility index (Phi) is 8.73. The minimum Gasteiger partial charge on any atom is -0.598 e. The molecule has 1 aliphatic carbocycles. The lowest BCUT2D eigenvalue weighted by atomic mass is 9.93. The molecule has 0 amide bonds. The van der Waals surface area contributed by atoms with Gasteiger partial charge in [-0.15, -0.1) is 4.72 Å². The van der Waals surface area contributed by atoms with Gasteiger partial charge in [0.2, 0.25) is 0 Å². The first-order valence-electron chi connectivity index (χ1n) is 15.7. The zero-order valence-corrected chi connectivity index (χ0v) is 29.4. The molecule has 43 heavy (non-hydrogen) atoms. The molecule has 0 aliphatic heterocycles. The second-order valence-electron chi connectivity index (χ2n) is 15.1. The summed E-state index contributed by atoms with van der Waals surface area (Å²) in [7, 11) is -1.40. The van der Waals surface area contributed by atoms with Crippen LogP contribution in [0.25, 0.3) is 28.0 Å².